The van der Waals surface area contributed by atoms with Crippen LogP contribution in [0.15, 0.2) is 52.6 Å². The van der Waals surface area contributed by atoms with Crippen molar-refractivity contribution in [3.63, 3.8) is 0 Å². The van der Waals surface area contributed by atoms with Crippen molar-refractivity contribution in [2.75, 3.05) is 32.7 Å². The molecule has 3 aromatic rings. The van der Waals surface area contributed by atoms with E-state index in [0.717, 1.165) is 38.1 Å². The fourth-order valence-electron chi connectivity index (χ4n) is 6.29. The molecule has 9 nitrogen and oxygen atoms in total. The molecule has 0 bridgehead atoms. The van der Waals surface area contributed by atoms with Crippen LogP contribution in [0.5, 0.6) is 0 Å². The first-order valence-corrected chi connectivity index (χ1v) is 15.7. The summed E-state index contributed by atoms with van der Waals surface area (Å²) >= 11 is 10.4. The second-order valence-electron chi connectivity index (χ2n) is 12.5. The van der Waals surface area contributed by atoms with Gasteiger partial charge in [0.2, 0.25) is 0 Å². The summed E-state index contributed by atoms with van der Waals surface area (Å²) in [5, 5.41) is 3.79. The molecule has 1 aliphatic carbocycles. The predicted octanol–water partition coefficient (Wildman–Crippen LogP) is 7.23. The maximum Gasteiger partial charge on any atom is 0.410 e. The Kier molecular flexibility index (Phi) is 9.11. The number of hydrogen-bond donors (Lipinski definition) is 0. The van der Waals surface area contributed by atoms with Crippen LogP contribution in [0.4, 0.5) is 4.79 Å². The minimum atomic E-state index is -0.547. The number of halogens is 2. The molecule has 1 fully saturated rings. The highest BCUT2D eigenvalue weighted by Crippen LogP contribution is 2.49. The van der Waals surface area contributed by atoms with Crippen LogP contribution in [0.2, 0.25) is 5.02 Å². The van der Waals surface area contributed by atoms with E-state index in [2.05, 4.69) is 56.1 Å². The molecule has 2 aliphatic rings. The van der Waals surface area contributed by atoms with Gasteiger partial charge in [0.1, 0.15) is 5.60 Å². The van der Waals surface area contributed by atoms with E-state index in [0.29, 0.717) is 44.0 Å². The minimum absolute atomic E-state index is 0.169. The van der Waals surface area contributed by atoms with Crippen LogP contribution in [0, 0.1) is 4.91 Å². The Balaban J connectivity index is 1.62. The SMILES string of the molecule is Cn1cncc1C(C)(CCCN=O)C1=Cc2cc(Br)cnc2[C@H](N2CCN(C(=O)OC(C)(C)C)CC2)c2ccc(Cl)cc21. The Morgan fingerprint density at radius 3 is 2.53 bits per heavy atom. The van der Waals surface area contributed by atoms with Crippen molar-refractivity contribution in [3.8, 4) is 0 Å². The molecule has 1 aromatic carbocycles. The molecule has 1 aliphatic heterocycles. The zero-order valence-corrected chi connectivity index (χ0v) is 27.7. The summed E-state index contributed by atoms with van der Waals surface area (Å²) in [4.78, 5) is 37.6. The Hall–Kier alpha value is -3.08. The lowest BCUT2D eigenvalue weighted by atomic mass is 9.71. The third kappa shape index (κ3) is 6.56. The fourth-order valence-corrected chi connectivity index (χ4v) is 6.81. The summed E-state index contributed by atoms with van der Waals surface area (Å²) in [6, 6.07) is 8.02. The lowest BCUT2D eigenvalue weighted by Crippen LogP contribution is -2.51. The zero-order valence-electron chi connectivity index (χ0n) is 25.3. The van der Waals surface area contributed by atoms with Crippen LogP contribution < -0.4 is 0 Å². The normalized spacial score (nSPS) is 18.6. The van der Waals surface area contributed by atoms with Crippen LogP contribution in [-0.4, -0.2) is 68.8 Å². The van der Waals surface area contributed by atoms with Crippen molar-refractivity contribution < 1.29 is 9.53 Å². The van der Waals surface area contributed by atoms with Gasteiger partial charge in [0.05, 0.1) is 24.6 Å². The van der Waals surface area contributed by atoms with Crippen LogP contribution in [0.3, 0.4) is 0 Å². The van der Waals surface area contributed by atoms with Gasteiger partial charge in [-0.2, -0.15) is 4.91 Å². The number of ether oxygens (including phenoxy) is 1. The van der Waals surface area contributed by atoms with Gasteiger partial charge < -0.3 is 14.2 Å². The Bertz CT molecular complexity index is 1540. The highest BCUT2D eigenvalue weighted by molar-refractivity contribution is 9.10. The van der Waals surface area contributed by atoms with E-state index in [4.69, 9.17) is 21.3 Å². The molecule has 0 radical (unpaired) electrons. The number of fused-ring (bicyclic) bond motifs is 2. The standard InChI is InChI=1S/C32H38BrClN6O3/c1-31(2,3)43-30(41)40-13-11-39(12-14-40)29-24-8-7-23(34)17-25(24)26(16-21-15-22(33)18-36-28(21)29)32(4,9-6-10-37-42)27-19-35-20-38(27)5/h7-8,15-20,29H,6,9-14H2,1-5H3/t29-,32?/m1/s1. The number of amides is 1. The van der Waals surface area contributed by atoms with Crippen LogP contribution in [-0.2, 0) is 17.2 Å². The van der Waals surface area contributed by atoms with Crippen molar-refractivity contribution in [2.45, 2.75) is 57.6 Å². The zero-order chi connectivity index (χ0) is 30.9. The van der Waals surface area contributed by atoms with Gasteiger partial charge in [-0.3, -0.25) is 9.88 Å². The van der Waals surface area contributed by atoms with E-state index in [-0.39, 0.29) is 18.7 Å². The number of allylic oxidation sites excluding steroid dienone is 1. The van der Waals surface area contributed by atoms with E-state index in [1.165, 1.54) is 0 Å². The third-order valence-corrected chi connectivity index (χ3v) is 8.98. The van der Waals surface area contributed by atoms with Gasteiger partial charge in [0.25, 0.3) is 0 Å². The summed E-state index contributed by atoms with van der Waals surface area (Å²) in [6.45, 7) is 10.5. The van der Waals surface area contributed by atoms with Gasteiger partial charge in [-0.15, -0.1) is 0 Å². The Labute approximate surface area is 266 Å². The summed E-state index contributed by atoms with van der Waals surface area (Å²) in [6.07, 6.45) is 8.79. The molecule has 3 heterocycles. The molecule has 5 rings (SSSR count). The number of nitroso groups, excluding NO2 is 1. The molecular formula is C32H38BrClN6O3. The van der Waals surface area contributed by atoms with Crippen molar-refractivity contribution >= 4 is 45.3 Å². The number of piperazine rings is 1. The maximum atomic E-state index is 12.8. The fraction of sp³-hybridized carbons (Fsp3) is 0.469. The molecule has 11 heteroatoms. The monoisotopic (exact) mass is 668 g/mol. The Morgan fingerprint density at radius 1 is 1.14 bits per heavy atom. The molecule has 1 unspecified atom stereocenters. The largest absolute Gasteiger partial charge is 0.444 e. The molecule has 1 amide bonds. The lowest BCUT2D eigenvalue weighted by molar-refractivity contribution is 0.0118. The lowest BCUT2D eigenvalue weighted by Gasteiger charge is -2.40. The predicted molar refractivity (Wildman–Crippen MR) is 173 cm³/mol. The van der Waals surface area contributed by atoms with Gasteiger partial charge in [-0.1, -0.05) is 22.8 Å². The number of rotatable bonds is 7. The summed E-state index contributed by atoms with van der Waals surface area (Å²) in [7, 11) is 1.99. The van der Waals surface area contributed by atoms with Crippen LogP contribution in [0.25, 0.3) is 11.6 Å². The molecule has 228 valence electrons. The molecule has 0 N–H and O–H groups in total. The van der Waals surface area contributed by atoms with Gasteiger partial charge in [-0.05, 0) is 103 Å². The number of benzene rings is 1. The number of imidazole rings is 1. The summed E-state index contributed by atoms with van der Waals surface area (Å²) in [5.74, 6) is 0. The minimum Gasteiger partial charge on any atom is -0.444 e. The van der Waals surface area contributed by atoms with Crippen LogP contribution >= 0.6 is 27.5 Å². The third-order valence-electron chi connectivity index (χ3n) is 8.31. The number of aryl methyl sites for hydroxylation is 1. The highest BCUT2D eigenvalue weighted by Gasteiger charge is 2.40. The van der Waals surface area contributed by atoms with Gasteiger partial charge in [0, 0.05) is 66.2 Å². The van der Waals surface area contributed by atoms with E-state index in [9.17, 15) is 9.70 Å². The molecular weight excluding hydrogens is 632 g/mol. The molecule has 2 aromatic heterocycles. The number of aromatic nitrogens is 3. The number of nitrogens with zero attached hydrogens (tertiary/aromatic N) is 6. The summed E-state index contributed by atoms with van der Waals surface area (Å²) in [5.41, 5.74) is 5.11. The van der Waals surface area contributed by atoms with Crippen molar-refractivity contribution in [1.82, 2.24) is 24.3 Å². The maximum absolute atomic E-state index is 12.8. The molecule has 43 heavy (non-hydrogen) atoms. The van der Waals surface area contributed by atoms with Gasteiger partial charge in [-0.25, -0.2) is 9.78 Å². The smallest absolute Gasteiger partial charge is 0.410 e. The first-order chi connectivity index (χ1) is 20.4. The summed E-state index contributed by atoms with van der Waals surface area (Å²) < 4.78 is 8.57. The second-order valence-corrected chi connectivity index (χ2v) is 13.9. The van der Waals surface area contributed by atoms with E-state index >= 15 is 0 Å². The highest BCUT2D eigenvalue weighted by atomic mass is 79.9. The average molecular weight is 670 g/mol. The number of hydrogen-bond acceptors (Lipinski definition) is 7. The first kappa shape index (κ1) is 31.3. The number of pyridine rings is 1. The van der Waals surface area contributed by atoms with Crippen molar-refractivity contribution in [1.29, 1.82) is 0 Å². The average Bonchev–Trinajstić information content (AvgIpc) is 3.33. The van der Waals surface area contributed by atoms with E-state index < -0.39 is 11.0 Å². The quantitative estimate of drug-likeness (QED) is 0.195. The molecule has 2 atom stereocenters. The van der Waals surface area contributed by atoms with Crippen molar-refractivity contribution in [2.24, 2.45) is 12.2 Å². The van der Waals surface area contributed by atoms with E-state index in [1.807, 2.05) is 56.9 Å². The number of carbonyl (C=O) groups excluding carboxylic acids is 1. The van der Waals surface area contributed by atoms with Crippen molar-refractivity contribution in [3.05, 3.63) is 85.5 Å². The Morgan fingerprint density at radius 2 is 1.88 bits per heavy atom. The van der Waals surface area contributed by atoms with E-state index in [1.54, 1.807) is 11.2 Å². The topological polar surface area (TPSA) is 92.9 Å². The molecule has 1 saturated heterocycles. The molecule has 0 saturated carbocycles. The first-order valence-electron chi connectivity index (χ1n) is 14.6. The second kappa shape index (κ2) is 12.5. The molecule has 0 spiro atoms. The van der Waals surface area contributed by atoms with Gasteiger partial charge >= 0.3 is 6.09 Å². The van der Waals surface area contributed by atoms with Gasteiger partial charge in [0.15, 0.2) is 0 Å². The number of carbonyl (C=O) groups is 1. The van der Waals surface area contributed by atoms with Crippen LogP contribution in [0.1, 0.15) is 74.7 Å².